The van der Waals surface area contributed by atoms with Crippen molar-refractivity contribution in [3.8, 4) is 5.75 Å². The second-order valence-electron chi connectivity index (χ2n) is 3.06. The van der Waals surface area contributed by atoms with Crippen molar-refractivity contribution in [1.82, 2.24) is 0 Å². The van der Waals surface area contributed by atoms with Crippen LogP contribution in [0.5, 0.6) is 5.75 Å². The number of carbonyl (C=O) groups is 1. The van der Waals surface area contributed by atoms with E-state index < -0.39 is 23.3 Å². The Balaban J connectivity index is 3.57. The smallest absolute Gasteiger partial charge is 0.421 e. The van der Waals surface area contributed by atoms with E-state index in [1.54, 1.807) is 0 Å². The van der Waals surface area contributed by atoms with Crippen LogP contribution in [-0.2, 0) is 6.18 Å². The Kier molecular flexibility index (Phi) is 3.62. The molecule has 1 aromatic carbocycles. The Bertz CT molecular complexity index is 427. The molecule has 0 fully saturated rings. The third-order valence-electron chi connectivity index (χ3n) is 1.97. The van der Waals surface area contributed by atoms with Crippen molar-refractivity contribution in [1.29, 1.82) is 0 Å². The van der Waals surface area contributed by atoms with Gasteiger partial charge in [0, 0.05) is 4.47 Å². The Morgan fingerprint density at radius 2 is 1.94 bits per heavy atom. The summed E-state index contributed by atoms with van der Waals surface area (Å²) in [5, 5.41) is 0. The molecule has 0 spiro atoms. The second kappa shape index (κ2) is 4.45. The van der Waals surface area contributed by atoms with E-state index in [4.69, 9.17) is 0 Å². The van der Waals surface area contributed by atoms with Gasteiger partial charge in [0.2, 0.25) is 0 Å². The van der Waals surface area contributed by atoms with Crippen molar-refractivity contribution < 1.29 is 22.7 Å². The van der Waals surface area contributed by atoms with Gasteiger partial charge in [-0.05, 0) is 19.1 Å². The Hall–Kier alpha value is -1.04. The SMILES string of the molecule is COc1c(C(C)=O)ccc(Br)c1C(F)(F)F. The quantitative estimate of drug-likeness (QED) is 0.778. The highest BCUT2D eigenvalue weighted by molar-refractivity contribution is 9.10. The first-order valence-corrected chi connectivity index (χ1v) is 5.03. The average Bonchev–Trinajstić information content (AvgIpc) is 2.14. The van der Waals surface area contributed by atoms with Gasteiger partial charge in [0.15, 0.2) is 5.78 Å². The lowest BCUT2D eigenvalue weighted by Crippen LogP contribution is -2.11. The summed E-state index contributed by atoms with van der Waals surface area (Å²) in [6, 6.07) is 2.47. The molecule has 0 N–H and O–H groups in total. The first kappa shape index (κ1) is 13.0. The molecule has 0 aliphatic carbocycles. The number of ketones is 1. The highest BCUT2D eigenvalue weighted by Crippen LogP contribution is 2.42. The first-order valence-electron chi connectivity index (χ1n) is 4.23. The van der Waals surface area contributed by atoms with E-state index in [2.05, 4.69) is 20.7 Å². The van der Waals surface area contributed by atoms with Crippen LogP contribution in [-0.4, -0.2) is 12.9 Å². The summed E-state index contributed by atoms with van der Waals surface area (Å²) in [6.45, 7) is 1.19. The Morgan fingerprint density at radius 1 is 1.38 bits per heavy atom. The summed E-state index contributed by atoms with van der Waals surface area (Å²) in [4.78, 5) is 11.2. The summed E-state index contributed by atoms with van der Waals surface area (Å²) >= 11 is 2.80. The van der Waals surface area contributed by atoms with E-state index >= 15 is 0 Å². The highest BCUT2D eigenvalue weighted by Gasteiger charge is 2.38. The highest BCUT2D eigenvalue weighted by atomic mass is 79.9. The van der Waals surface area contributed by atoms with Gasteiger partial charge < -0.3 is 4.74 Å². The van der Waals surface area contributed by atoms with Crippen LogP contribution >= 0.6 is 15.9 Å². The number of benzene rings is 1. The summed E-state index contributed by atoms with van der Waals surface area (Å²) in [6.07, 6.45) is -4.57. The number of hydrogen-bond donors (Lipinski definition) is 0. The van der Waals surface area contributed by atoms with E-state index in [1.165, 1.54) is 19.1 Å². The lowest BCUT2D eigenvalue weighted by Gasteiger charge is -2.16. The molecule has 1 aromatic rings. The zero-order chi connectivity index (χ0) is 12.5. The monoisotopic (exact) mass is 296 g/mol. The largest absolute Gasteiger partial charge is 0.495 e. The molecule has 16 heavy (non-hydrogen) atoms. The van der Waals surface area contributed by atoms with Crippen LogP contribution in [0.25, 0.3) is 0 Å². The molecule has 0 aromatic heterocycles. The minimum atomic E-state index is -4.57. The normalized spacial score (nSPS) is 11.4. The maximum Gasteiger partial charge on any atom is 0.421 e. The molecule has 0 atom stereocenters. The fraction of sp³-hybridized carbons (Fsp3) is 0.300. The molecule has 0 aliphatic rings. The molecule has 0 radical (unpaired) electrons. The molecule has 0 saturated carbocycles. The number of rotatable bonds is 2. The minimum absolute atomic E-state index is 0.0852. The lowest BCUT2D eigenvalue weighted by molar-refractivity contribution is -0.139. The zero-order valence-electron chi connectivity index (χ0n) is 8.48. The first-order chi connectivity index (χ1) is 7.29. The van der Waals surface area contributed by atoms with E-state index in [-0.39, 0.29) is 10.0 Å². The molecule has 0 saturated heterocycles. The van der Waals surface area contributed by atoms with Gasteiger partial charge in [-0.25, -0.2) is 0 Å². The van der Waals surface area contributed by atoms with Crippen LogP contribution in [0.3, 0.4) is 0 Å². The summed E-state index contributed by atoms with van der Waals surface area (Å²) in [5.74, 6) is -0.927. The van der Waals surface area contributed by atoms with Gasteiger partial charge >= 0.3 is 6.18 Å². The molecule has 0 unspecified atom stereocenters. The summed E-state index contributed by atoms with van der Waals surface area (Å²) in [7, 11) is 1.10. The predicted octanol–water partition coefficient (Wildman–Crippen LogP) is 3.68. The van der Waals surface area contributed by atoms with Crippen molar-refractivity contribution in [2.75, 3.05) is 7.11 Å². The molecule has 0 amide bonds. The molecule has 2 nitrogen and oxygen atoms in total. The minimum Gasteiger partial charge on any atom is -0.495 e. The fourth-order valence-corrected chi connectivity index (χ4v) is 1.85. The molecule has 1 rings (SSSR count). The van der Waals surface area contributed by atoms with Crippen LogP contribution in [0, 0.1) is 0 Å². The van der Waals surface area contributed by atoms with Crippen molar-refractivity contribution >= 4 is 21.7 Å². The van der Waals surface area contributed by atoms with Crippen LogP contribution in [0.4, 0.5) is 13.2 Å². The van der Waals surface area contributed by atoms with Gasteiger partial charge in [-0.1, -0.05) is 15.9 Å². The molecular formula is C10H8BrF3O2. The standard InChI is InChI=1S/C10H8BrF3O2/c1-5(15)6-3-4-7(11)8(9(6)16-2)10(12,13)14/h3-4H,1-2H3. The summed E-state index contributed by atoms with van der Waals surface area (Å²) in [5.41, 5.74) is -1.05. The van der Waals surface area contributed by atoms with Crippen molar-refractivity contribution in [2.24, 2.45) is 0 Å². The number of methoxy groups -OCH3 is 1. The van der Waals surface area contributed by atoms with Gasteiger partial charge in [-0.3, -0.25) is 4.79 Å². The zero-order valence-corrected chi connectivity index (χ0v) is 10.1. The Labute approximate surface area is 98.5 Å². The van der Waals surface area contributed by atoms with E-state index in [9.17, 15) is 18.0 Å². The fourth-order valence-electron chi connectivity index (χ4n) is 1.31. The number of carbonyl (C=O) groups excluding carboxylic acids is 1. The van der Waals surface area contributed by atoms with Crippen molar-refractivity contribution in [3.05, 3.63) is 27.7 Å². The van der Waals surface area contributed by atoms with Gasteiger partial charge in [-0.2, -0.15) is 13.2 Å². The molecule has 88 valence electrons. The van der Waals surface area contributed by atoms with E-state index in [1.807, 2.05) is 0 Å². The van der Waals surface area contributed by atoms with Crippen LogP contribution in [0.1, 0.15) is 22.8 Å². The van der Waals surface area contributed by atoms with Crippen molar-refractivity contribution in [3.63, 3.8) is 0 Å². The molecule has 6 heteroatoms. The molecule has 0 bridgehead atoms. The van der Waals surface area contributed by atoms with Gasteiger partial charge in [0.1, 0.15) is 11.3 Å². The second-order valence-corrected chi connectivity index (χ2v) is 3.91. The number of alkyl halides is 3. The van der Waals surface area contributed by atoms with Crippen LogP contribution < -0.4 is 4.74 Å². The van der Waals surface area contributed by atoms with E-state index in [0.29, 0.717) is 0 Å². The van der Waals surface area contributed by atoms with Gasteiger partial charge in [-0.15, -0.1) is 0 Å². The molecule has 0 aliphatic heterocycles. The van der Waals surface area contributed by atoms with Crippen LogP contribution in [0.2, 0.25) is 0 Å². The van der Waals surface area contributed by atoms with E-state index in [0.717, 1.165) is 7.11 Å². The van der Waals surface area contributed by atoms with Crippen molar-refractivity contribution in [2.45, 2.75) is 13.1 Å². The third kappa shape index (κ3) is 2.37. The third-order valence-corrected chi connectivity index (χ3v) is 2.63. The summed E-state index contributed by atoms with van der Waals surface area (Å²) < 4.78 is 42.7. The number of halogens is 4. The lowest BCUT2D eigenvalue weighted by atomic mass is 10.1. The van der Waals surface area contributed by atoms with Gasteiger partial charge in [0.25, 0.3) is 0 Å². The predicted molar refractivity (Wildman–Crippen MR) is 55.7 cm³/mol. The number of ether oxygens (including phenoxy) is 1. The number of Topliss-reactive ketones (excluding diaryl/α,β-unsaturated/α-hetero) is 1. The topological polar surface area (TPSA) is 26.3 Å². The number of hydrogen-bond acceptors (Lipinski definition) is 2. The average molecular weight is 297 g/mol. The van der Waals surface area contributed by atoms with Crippen LogP contribution in [0.15, 0.2) is 16.6 Å². The maximum atomic E-state index is 12.7. The molecular weight excluding hydrogens is 289 g/mol. The Morgan fingerprint density at radius 3 is 2.31 bits per heavy atom. The molecule has 0 heterocycles. The van der Waals surface area contributed by atoms with Gasteiger partial charge in [0.05, 0.1) is 12.7 Å². The maximum absolute atomic E-state index is 12.7.